The van der Waals surface area contributed by atoms with Crippen LogP contribution in [0.5, 0.6) is 0 Å². The molecule has 0 saturated heterocycles. The molecule has 0 aliphatic carbocycles. The average Bonchev–Trinajstić information content (AvgIpc) is 2.46. The fourth-order valence-electron chi connectivity index (χ4n) is 2.04. The van der Waals surface area contributed by atoms with Gasteiger partial charge in [0.1, 0.15) is 0 Å². The van der Waals surface area contributed by atoms with Gasteiger partial charge < -0.3 is 10.0 Å². The highest BCUT2D eigenvalue weighted by molar-refractivity contribution is 7.92. The minimum atomic E-state index is -3.38. The number of benzene rings is 1. The fraction of sp³-hybridized carbons (Fsp3) is 0.500. The first-order valence-corrected chi connectivity index (χ1v) is 8.98. The average molecular weight is 341 g/mol. The lowest BCUT2D eigenvalue weighted by Crippen LogP contribution is -2.38. The van der Waals surface area contributed by atoms with Crippen molar-refractivity contribution < 1.29 is 23.1 Å². The SMILES string of the molecule is CC(C)N(CCC(=O)O)C(=O)c1ccc(S(=O)(=O)C(C)C)cc1. The van der Waals surface area contributed by atoms with Crippen LogP contribution in [0.1, 0.15) is 44.5 Å². The predicted octanol–water partition coefficient (Wildman–Crippen LogP) is 2.19. The molecule has 0 bridgehead atoms. The molecule has 7 heteroatoms. The van der Waals surface area contributed by atoms with Crippen LogP contribution < -0.4 is 0 Å². The number of carbonyl (C=O) groups excluding carboxylic acids is 1. The Morgan fingerprint density at radius 1 is 1.09 bits per heavy atom. The lowest BCUT2D eigenvalue weighted by atomic mass is 10.1. The molecule has 0 unspecified atom stereocenters. The zero-order valence-electron chi connectivity index (χ0n) is 13.8. The summed E-state index contributed by atoms with van der Waals surface area (Å²) in [7, 11) is -3.38. The molecule has 0 atom stereocenters. The Kier molecular flexibility index (Phi) is 6.32. The summed E-state index contributed by atoms with van der Waals surface area (Å²) in [5.41, 5.74) is 0.340. The van der Waals surface area contributed by atoms with Crippen molar-refractivity contribution in [1.82, 2.24) is 4.90 Å². The van der Waals surface area contributed by atoms with Gasteiger partial charge in [-0.3, -0.25) is 9.59 Å². The largest absolute Gasteiger partial charge is 0.481 e. The van der Waals surface area contributed by atoms with Gasteiger partial charge in [0.25, 0.3) is 5.91 Å². The molecule has 128 valence electrons. The number of amides is 1. The Bertz CT molecular complexity index is 662. The Balaban J connectivity index is 3.01. The van der Waals surface area contributed by atoms with Crippen LogP contribution in [0.3, 0.4) is 0 Å². The molecule has 1 N–H and O–H groups in total. The van der Waals surface area contributed by atoms with Crippen molar-refractivity contribution in [2.75, 3.05) is 6.54 Å². The first-order valence-electron chi connectivity index (χ1n) is 7.44. The molecule has 1 amide bonds. The fourth-order valence-corrected chi connectivity index (χ4v) is 3.10. The van der Waals surface area contributed by atoms with E-state index < -0.39 is 21.1 Å². The number of carboxylic acids is 1. The van der Waals surface area contributed by atoms with E-state index in [1.807, 2.05) is 0 Å². The third-order valence-electron chi connectivity index (χ3n) is 3.50. The van der Waals surface area contributed by atoms with Crippen LogP contribution in [0.4, 0.5) is 0 Å². The summed E-state index contributed by atoms with van der Waals surface area (Å²) >= 11 is 0. The molecule has 0 aliphatic rings. The molecule has 1 rings (SSSR count). The van der Waals surface area contributed by atoms with Crippen molar-refractivity contribution in [2.24, 2.45) is 0 Å². The Morgan fingerprint density at radius 3 is 2.00 bits per heavy atom. The summed E-state index contributed by atoms with van der Waals surface area (Å²) in [6, 6.07) is 5.61. The van der Waals surface area contributed by atoms with Gasteiger partial charge >= 0.3 is 5.97 Å². The second-order valence-corrected chi connectivity index (χ2v) is 8.36. The lowest BCUT2D eigenvalue weighted by molar-refractivity contribution is -0.137. The van der Waals surface area contributed by atoms with E-state index in [9.17, 15) is 18.0 Å². The van der Waals surface area contributed by atoms with E-state index in [1.54, 1.807) is 27.7 Å². The smallest absolute Gasteiger partial charge is 0.305 e. The van der Waals surface area contributed by atoms with Gasteiger partial charge in [-0.1, -0.05) is 0 Å². The molecular weight excluding hydrogens is 318 g/mol. The van der Waals surface area contributed by atoms with E-state index in [1.165, 1.54) is 29.2 Å². The Hall–Kier alpha value is -1.89. The van der Waals surface area contributed by atoms with E-state index in [0.717, 1.165) is 0 Å². The zero-order valence-corrected chi connectivity index (χ0v) is 14.6. The maximum atomic E-state index is 12.5. The van der Waals surface area contributed by atoms with Crippen molar-refractivity contribution >= 4 is 21.7 Å². The van der Waals surface area contributed by atoms with Crippen molar-refractivity contribution in [3.05, 3.63) is 29.8 Å². The van der Waals surface area contributed by atoms with Gasteiger partial charge in [0, 0.05) is 18.2 Å². The summed E-state index contributed by atoms with van der Waals surface area (Å²) in [4.78, 5) is 24.8. The highest BCUT2D eigenvalue weighted by Gasteiger charge is 2.22. The summed E-state index contributed by atoms with van der Waals surface area (Å²) in [5.74, 6) is -1.28. The van der Waals surface area contributed by atoms with Crippen LogP contribution in [-0.4, -0.2) is 48.1 Å². The van der Waals surface area contributed by atoms with Crippen LogP contribution in [0, 0.1) is 0 Å². The first-order chi connectivity index (χ1) is 10.6. The monoisotopic (exact) mass is 341 g/mol. The number of hydrogen-bond donors (Lipinski definition) is 1. The lowest BCUT2D eigenvalue weighted by Gasteiger charge is -2.26. The van der Waals surface area contributed by atoms with Gasteiger partial charge in [0.15, 0.2) is 9.84 Å². The van der Waals surface area contributed by atoms with Gasteiger partial charge in [0.2, 0.25) is 0 Å². The number of carbonyl (C=O) groups is 2. The maximum absolute atomic E-state index is 12.5. The van der Waals surface area contributed by atoms with Crippen molar-refractivity contribution in [2.45, 2.75) is 50.3 Å². The molecule has 1 aromatic rings. The van der Waals surface area contributed by atoms with Gasteiger partial charge in [-0.2, -0.15) is 0 Å². The number of carboxylic acid groups (broad SMARTS) is 1. The summed E-state index contributed by atoms with van der Waals surface area (Å²) < 4.78 is 24.1. The maximum Gasteiger partial charge on any atom is 0.305 e. The van der Waals surface area contributed by atoms with E-state index in [-0.39, 0.29) is 29.8 Å². The van der Waals surface area contributed by atoms with E-state index in [0.29, 0.717) is 5.56 Å². The summed E-state index contributed by atoms with van der Waals surface area (Å²) in [5, 5.41) is 8.23. The van der Waals surface area contributed by atoms with E-state index in [4.69, 9.17) is 5.11 Å². The number of rotatable bonds is 7. The first kappa shape index (κ1) is 19.2. The molecule has 23 heavy (non-hydrogen) atoms. The van der Waals surface area contributed by atoms with Gasteiger partial charge in [-0.05, 0) is 52.0 Å². The Labute approximate surface area is 137 Å². The van der Waals surface area contributed by atoms with E-state index >= 15 is 0 Å². The molecular formula is C16H23NO5S. The van der Waals surface area contributed by atoms with Crippen LogP contribution in [-0.2, 0) is 14.6 Å². The van der Waals surface area contributed by atoms with Gasteiger partial charge in [0.05, 0.1) is 16.6 Å². The van der Waals surface area contributed by atoms with Crippen molar-refractivity contribution in [3.8, 4) is 0 Å². The van der Waals surface area contributed by atoms with Crippen molar-refractivity contribution in [1.29, 1.82) is 0 Å². The molecule has 0 fully saturated rings. The second kappa shape index (κ2) is 7.59. The van der Waals surface area contributed by atoms with Gasteiger partial charge in [-0.15, -0.1) is 0 Å². The molecule has 0 heterocycles. The highest BCUT2D eigenvalue weighted by atomic mass is 32.2. The minimum Gasteiger partial charge on any atom is -0.481 e. The third-order valence-corrected chi connectivity index (χ3v) is 5.67. The summed E-state index contributed by atoms with van der Waals surface area (Å²) in [6.07, 6.45) is -0.135. The highest BCUT2D eigenvalue weighted by Crippen LogP contribution is 2.18. The quantitative estimate of drug-likeness (QED) is 0.821. The minimum absolute atomic E-state index is 0.109. The standard InChI is InChI=1S/C16H23NO5S/c1-11(2)17(10-9-15(18)19)16(20)13-5-7-14(8-6-13)23(21,22)12(3)4/h5-8,11-12H,9-10H2,1-4H3,(H,18,19). The number of hydrogen-bond acceptors (Lipinski definition) is 4. The molecule has 0 aliphatic heterocycles. The number of aliphatic carboxylic acids is 1. The van der Waals surface area contributed by atoms with Crippen molar-refractivity contribution in [3.63, 3.8) is 0 Å². The molecule has 0 radical (unpaired) electrons. The number of nitrogens with zero attached hydrogens (tertiary/aromatic N) is 1. The zero-order chi connectivity index (χ0) is 17.8. The molecule has 1 aromatic carbocycles. The van der Waals surface area contributed by atoms with Crippen LogP contribution in [0.15, 0.2) is 29.2 Å². The van der Waals surface area contributed by atoms with Gasteiger partial charge in [-0.25, -0.2) is 8.42 Å². The summed E-state index contributed by atoms with van der Waals surface area (Å²) in [6.45, 7) is 6.91. The molecule has 0 aromatic heterocycles. The molecule has 0 saturated carbocycles. The van der Waals surface area contributed by atoms with Crippen LogP contribution in [0.25, 0.3) is 0 Å². The normalized spacial score (nSPS) is 11.7. The Morgan fingerprint density at radius 2 is 1.61 bits per heavy atom. The van der Waals surface area contributed by atoms with E-state index in [2.05, 4.69) is 0 Å². The topological polar surface area (TPSA) is 91.8 Å². The molecule has 0 spiro atoms. The second-order valence-electron chi connectivity index (χ2n) is 5.85. The third kappa shape index (κ3) is 4.79. The number of sulfone groups is 1. The van der Waals surface area contributed by atoms with Crippen LogP contribution >= 0.6 is 0 Å². The van der Waals surface area contributed by atoms with Crippen LogP contribution in [0.2, 0.25) is 0 Å². The predicted molar refractivity (Wildman–Crippen MR) is 87.2 cm³/mol. The molecule has 6 nitrogen and oxygen atoms in total.